The van der Waals surface area contributed by atoms with E-state index < -0.39 is 5.97 Å². The standard InChI is InChI=1S/C26H34N2O5/c1-4-5-6-7-8-9-10-11-25(29)28-27-19-20-12-15-22(16-13-20)33-26(30)21-14-17-23(31-2)24(18-21)32-3/h12-19H,4-11H2,1-3H3,(H,28,29)/b27-19+. The minimum atomic E-state index is -0.505. The van der Waals surface area contributed by atoms with Crippen molar-refractivity contribution in [2.45, 2.75) is 58.3 Å². The van der Waals surface area contributed by atoms with E-state index in [9.17, 15) is 9.59 Å². The van der Waals surface area contributed by atoms with E-state index in [0.717, 1.165) is 18.4 Å². The fourth-order valence-corrected chi connectivity index (χ4v) is 3.23. The molecule has 1 amide bonds. The van der Waals surface area contributed by atoms with E-state index in [1.807, 2.05) is 0 Å². The molecular weight excluding hydrogens is 420 g/mol. The van der Waals surface area contributed by atoms with Crippen molar-refractivity contribution in [1.82, 2.24) is 5.43 Å². The van der Waals surface area contributed by atoms with E-state index in [1.54, 1.807) is 48.7 Å². The molecule has 0 heterocycles. The second-order valence-corrected chi connectivity index (χ2v) is 7.69. The van der Waals surface area contributed by atoms with E-state index in [1.165, 1.54) is 46.3 Å². The Bertz CT molecular complexity index is 909. The molecule has 178 valence electrons. The Morgan fingerprint density at radius 2 is 1.55 bits per heavy atom. The summed E-state index contributed by atoms with van der Waals surface area (Å²) < 4.78 is 15.8. The quantitative estimate of drug-likeness (QED) is 0.134. The molecule has 2 rings (SSSR count). The molecule has 0 atom stereocenters. The number of carbonyl (C=O) groups is 2. The van der Waals surface area contributed by atoms with Gasteiger partial charge in [0.1, 0.15) is 5.75 Å². The molecule has 2 aromatic rings. The van der Waals surface area contributed by atoms with E-state index in [2.05, 4.69) is 17.5 Å². The molecule has 0 aliphatic rings. The molecule has 0 aromatic heterocycles. The van der Waals surface area contributed by atoms with Crippen molar-refractivity contribution in [2.24, 2.45) is 5.10 Å². The average Bonchev–Trinajstić information content (AvgIpc) is 2.84. The molecule has 2 aromatic carbocycles. The number of nitrogens with one attached hydrogen (secondary N) is 1. The predicted molar refractivity (Wildman–Crippen MR) is 129 cm³/mol. The van der Waals surface area contributed by atoms with E-state index >= 15 is 0 Å². The number of rotatable bonds is 14. The number of hydrazone groups is 1. The number of esters is 1. The zero-order valence-corrected chi connectivity index (χ0v) is 19.8. The summed E-state index contributed by atoms with van der Waals surface area (Å²) in [6.45, 7) is 2.20. The van der Waals surface area contributed by atoms with Crippen molar-refractivity contribution in [3.63, 3.8) is 0 Å². The molecule has 1 N–H and O–H groups in total. The van der Waals surface area contributed by atoms with Crippen LogP contribution in [0.2, 0.25) is 0 Å². The molecule has 0 radical (unpaired) electrons. The molecule has 0 saturated carbocycles. The highest BCUT2D eigenvalue weighted by Crippen LogP contribution is 2.28. The van der Waals surface area contributed by atoms with Crippen molar-refractivity contribution in [2.75, 3.05) is 14.2 Å². The van der Waals surface area contributed by atoms with Gasteiger partial charge in [0.25, 0.3) is 0 Å². The zero-order chi connectivity index (χ0) is 23.9. The van der Waals surface area contributed by atoms with Crippen molar-refractivity contribution in [3.8, 4) is 17.2 Å². The smallest absolute Gasteiger partial charge is 0.343 e. The summed E-state index contributed by atoms with van der Waals surface area (Å²) >= 11 is 0. The van der Waals surface area contributed by atoms with Crippen molar-refractivity contribution >= 4 is 18.1 Å². The molecule has 0 bridgehead atoms. The third-order valence-electron chi connectivity index (χ3n) is 5.12. The van der Waals surface area contributed by atoms with E-state index in [-0.39, 0.29) is 5.91 Å². The fourth-order valence-electron chi connectivity index (χ4n) is 3.23. The highest BCUT2D eigenvalue weighted by molar-refractivity contribution is 5.92. The van der Waals surface area contributed by atoms with Crippen LogP contribution >= 0.6 is 0 Å². The van der Waals surface area contributed by atoms with Crippen LogP contribution in [0.5, 0.6) is 17.2 Å². The first-order valence-electron chi connectivity index (χ1n) is 11.4. The minimum absolute atomic E-state index is 0.0831. The Morgan fingerprint density at radius 1 is 0.879 bits per heavy atom. The molecule has 0 aliphatic heterocycles. The van der Waals surface area contributed by atoms with Crippen molar-refractivity contribution in [1.29, 1.82) is 0 Å². The Balaban J connectivity index is 1.75. The number of ether oxygens (including phenoxy) is 3. The Labute approximate surface area is 196 Å². The van der Waals surface area contributed by atoms with Crippen molar-refractivity contribution < 1.29 is 23.8 Å². The lowest BCUT2D eigenvalue weighted by Gasteiger charge is -2.09. The maximum Gasteiger partial charge on any atom is 0.343 e. The zero-order valence-electron chi connectivity index (χ0n) is 19.8. The number of amides is 1. The lowest BCUT2D eigenvalue weighted by molar-refractivity contribution is -0.121. The third kappa shape index (κ3) is 9.35. The van der Waals surface area contributed by atoms with Gasteiger partial charge in [-0.15, -0.1) is 0 Å². The Kier molecular flexibility index (Phi) is 11.5. The van der Waals surface area contributed by atoms with Crippen LogP contribution in [0.15, 0.2) is 47.6 Å². The molecular formula is C26H34N2O5. The molecule has 0 aliphatic carbocycles. The van der Waals surface area contributed by atoms with Crippen LogP contribution in [0.3, 0.4) is 0 Å². The first kappa shape index (κ1) is 25.9. The number of methoxy groups -OCH3 is 2. The van der Waals surface area contributed by atoms with Crippen LogP contribution in [0, 0.1) is 0 Å². The molecule has 0 fully saturated rings. The number of hydrogen-bond donors (Lipinski definition) is 1. The monoisotopic (exact) mass is 454 g/mol. The highest BCUT2D eigenvalue weighted by atomic mass is 16.5. The van der Waals surface area contributed by atoms with Crippen LogP contribution in [0.1, 0.15) is 74.2 Å². The van der Waals surface area contributed by atoms with Gasteiger partial charge < -0.3 is 14.2 Å². The number of hydrogen-bond acceptors (Lipinski definition) is 6. The molecule has 0 saturated heterocycles. The summed E-state index contributed by atoms with van der Waals surface area (Å²) in [5.41, 5.74) is 3.68. The van der Waals surface area contributed by atoms with Gasteiger partial charge >= 0.3 is 5.97 Å². The second-order valence-electron chi connectivity index (χ2n) is 7.69. The summed E-state index contributed by atoms with van der Waals surface area (Å²) in [5, 5.41) is 4.00. The maximum absolute atomic E-state index is 12.4. The summed E-state index contributed by atoms with van der Waals surface area (Å²) in [4.78, 5) is 24.3. The number of nitrogens with zero attached hydrogens (tertiary/aromatic N) is 1. The van der Waals surface area contributed by atoms with Crippen molar-refractivity contribution in [3.05, 3.63) is 53.6 Å². The van der Waals surface area contributed by atoms with Crippen LogP contribution in [0.25, 0.3) is 0 Å². The predicted octanol–water partition coefficient (Wildman–Crippen LogP) is 5.51. The van der Waals surface area contributed by atoms with E-state index in [4.69, 9.17) is 14.2 Å². The molecule has 33 heavy (non-hydrogen) atoms. The molecule has 7 heteroatoms. The molecule has 7 nitrogen and oxygen atoms in total. The average molecular weight is 455 g/mol. The fraction of sp³-hybridized carbons (Fsp3) is 0.423. The van der Waals surface area contributed by atoms with Gasteiger partial charge in [0.05, 0.1) is 26.0 Å². The summed E-state index contributed by atoms with van der Waals surface area (Å²) in [6, 6.07) is 11.7. The first-order valence-corrected chi connectivity index (χ1v) is 11.4. The van der Waals surface area contributed by atoms with Gasteiger partial charge in [0, 0.05) is 6.42 Å². The van der Waals surface area contributed by atoms with Gasteiger partial charge in [-0.3, -0.25) is 4.79 Å². The number of unbranched alkanes of at least 4 members (excludes halogenated alkanes) is 6. The first-order chi connectivity index (χ1) is 16.1. The minimum Gasteiger partial charge on any atom is -0.493 e. The Hall–Kier alpha value is -3.35. The molecule has 0 unspecified atom stereocenters. The van der Waals surface area contributed by atoms with Gasteiger partial charge in [-0.05, 0) is 54.4 Å². The second kappa shape index (κ2) is 14.7. The lowest BCUT2D eigenvalue weighted by Crippen LogP contribution is -2.16. The number of benzene rings is 2. The topological polar surface area (TPSA) is 86.2 Å². The van der Waals surface area contributed by atoms with Crippen LogP contribution < -0.4 is 19.6 Å². The van der Waals surface area contributed by atoms with Gasteiger partial charge in [0.15, 0.2) is 11.5 Å². The van der Waals surface area contributed by atoms with Gasteiger partial charge in [-0.1, -0.05) is 45.4 Å². The largest absolute Gasteiger partial charge is 0.493 e. The summed E-state index contributed by atoms with van der Waals surface area (Å²) in [6.07, 6.45) is 10.2. The normalized spacial score (nSPS) is 10.8. The summed E-state index contributed by atoms with van der Waals surface area (Å²) in [7, 11) is 3.04. The van der Waals surface area contributed by atoms with Gasteiger partial charge in [-0.25, -0.2) is 10.2 Å². The SMILES string of the molecule is CCCCCCCCCC(=O)N/N=C/c1ccc(OC(=O)c2ccc(OC)c(OC)c2)cc1. The lowest BCUT2D eigenvalue weighted by atomic mass is 10.1. The molecule has 0 spiro atoms. The van der Waals surface area contributed by atoms with Crippen LogP contribution in [-0.4, -0.2) is 32.3 Å². The van der Waals surface area contributed by atoms with Crippen LogP contribution in [-0.2, 0) is 4.79 Å². The van der Waals surface area contributed by atoms with Crippen LogP contribution in [0.4, 0.5) is 0 Å². The number of carbonyl (C=O) groups excluding carboxylic acids is 2. The maximum atomic E-state index is 12.4. The third-order valence-corrected chi connectivity index (χ3v) is 5.12. The highest BCUT2D eigenvalue weighted by Gasteiger charge is 2.13. The van der Waals surface area contributed by atoms with Gasteiger partial charge in [-0.2, -0.15) is 5.10 Å². The Morgan fingerprint density at radius 3 is 2.21 bits per heavy atom. The van der Waals surface area contributed by atoms with E-state index in [0.29, 0.717) is 29.2 Å². The summed E-state index contributed by atoms with van der Waals surface area (Å²) in [5.74, 6) is 0.796. The van der Waals surface area contributed by atoms with Gasteiger partial charge in [0.2, 0.25) is 5.91 Å².